The molecule has 0 saturated heterocycles. The van der Waals surface area contributed by atoms with E-state index in [1.807, 2.05) is 39.8 Å². The molecule has 0 spiro atoms. The Balaban J connectivity index is 1.46. The van der Waals surface area contributed by atoms with Gasteiger partial charge in [0.1, 0.15) is 5.82 Å². The van der Waals surface area contributed by atoms with E-state index in [9.17, 15) is 4.79 Å². The first-order valence-electron chi connectivity index (χ1n) is 7.77. The number of unbranched alkanes of at least 4 members (excludes halogenated alkanes) is 3. The number of aromatic amines is 1. The fraction of sp³-hybridized carbons (Fsp3) is 0.412. The second kappa shape index (κ2) is 10.4. The standard InChI is InChI=1S/C17H22N2O2S2/c1-2-17(20)21-11-7-3-4-8-12-22-23-13-16-18-14-9-5-6-10-15(14)19-16/h2,5-6,9-10H,1,3-4,7-8,11-13H2,(H,18,19). The molecular weight excluding hydrogens is 328 g/mol. The lowest BCUT2D eigenvalue weighted by molar-refractivity contribution is -0.137. The van der Waals surface area contributed by atoms with E-state index < -0.39 is 0 Å². The number of carbonyl (C=O) groups excluding carboxylic acids is 1. The van der Waals surface area contributed by atoms with Crippen molar-refractivity contribution in [2.24, 2.45) is 0 Å². The van der Waals surface area contributed by atoms with Gasteiger partial charge in [-0.2, -0.15) is 0 Å². The topological polar surface area (TPSA) is 55.0 Å². The summed E-state index contributed by atoms with van der Waals surface area (Å²) in [5.74, 6) is 2.74. The number of hydrogen-bond donors (Lipinski definition) is 1. The number of esters is 1. The SMILES string of the molecule is C=CC(=O)OCCCCCCSSCc1nc2ccccc2[nH]1. The number of hydrogen-bond acceptors (Lipinski definition) is 5. The summed E-state index contributed by atoms with van der Waals surface area (Å²) in [4.78, 5) is 18.7. The van der Waals surface area contributed by atoms with Crippen molar-refractivity contribution in [2.45, 2.75) is 31.4 Å². The zero-order valence-electron chi connectivity index (χ0n) is 13.1. The molecule has 1 N–H and O–H groups in total. The van der Waals surface area contributed by atoms with Crippen LogP contribution < -0.4 is 0 Å². The summed E-state index contributed by atoms with van der Waals surface area (Å²) in [5.41, 5.74) is 2.13. The zero-order valence-corrected chi connectivity index (χ0v) is 14.8. The van der Waals surface area contributed by atoms with Crippen molar-refractivity contribution in [2.75, 3.05) is 12.4 Å². The van der Waals surface area contributed by atoms with Crippen LogP contribution in [0.15, 0.2) is 36.9 Å². The van der Waals surface area contributed by atoms with E-state index in [2.05, 4.69) is 22.6 Å². The lowest BCUT2D eigenvalue weighted by atomic mass is 10.2. The minimum Gasteiger partial charge on any atom is -0.463 e. The second-order valence-corrected chi connectivity index (χ2v) is 7.65. The van der Waals surface area contributed by atoms with Crippen LogP contribution in [0.1, 0.15) is 31.5 Å². The third-order valence-electron chi connectivity index (χ3n) is 3.25. The van der Waals surface area contributed by atoms with Gasteiger partial charge in [-0.05, 0) is 25.0 Å². The first kappa shape index (κ1) is 17.9. The number of imidazole rings is 1. The lowest BCUT2D eigenvalue weighted by Gasteiger charge is -2.02. The van der Waals surface area contributed by atoms with Gasteiger partial charge in [0.05, 0.1) is 23.4 Å². The zero-order chi connectivity index (χ0) is 16.3. The lowest BCUT2D eigenvalue weighted by Crippen LogP contribution is -2.01. The van der Waals surface area contributed by atoms with Crippen LogP contribution in [0.5, 0.6) is 0 Å². The number of carbonyl (C=O) groups is 1. The van der Waals surface area contributed by atoms with Gasteiger partial charge in [-0.1, -0.05) is 53.1 Å². The first-order chi connectivity index (χ1) is 11.3. The molecule has 2 rings (SSSR count). The Morgan fingerprint density at radius 1 is 1.22 bits per heavy atom. The number of nitrogens with zero attached hydrogens (tertiary/aromatic N) is 1. The average Bonchev–Trinajstić information content (AvgIpc) is 2.99. The molecule has 0 amide bonds. The molecule has 0 atom stereocenters. The number of H-pyrrole nitrogens is 1. The van der Waals surface area contributed by atoms with Gasteiger partial charge in [0.25, 0.3) is 0 Å². The highest BCUT2D eigenvalue weighted by Crippen LogP contribution is 2.27. The van der Waals surface area contributed by atoms with Crippen molar-refractivity contribution in [1.82, 2.24) is 9.97 Å². The minimum atomic E-state index is -0.331. The smallest absolute Gasteiger partial charge is 0.330 e. The maximum absolute atomic E-state index is 10.8. The van der Waals surface area contributed by atoms with E-state index in [1.165, 1.54) is 18.9 Å². The van der Waals surface area contributed by atoms with Crippen LogP contribution in [-0.4, -0.2) is 28.3 Å². The summed E-state index contributed by atoms with van der Waals surface area (Å²) in [5, 5.41) is 0. The van der Waals surface area contributed by atoms with Gasteiger partial charge in [0, 0.05) is 11.8 Å². The van der Waals surface area contributed by atoms with Gasteiger partial charge in [-0.3, -0.25) is 0 Å². The average molecular weight is 351 g/mol. The largest absolute Gasteiger partial charge is 0.463 e. The Bertz CT molecular complexity index is 595. The predicted octanol–water partition coefficient (Wildman–Crippen LogP) is 4.73. The number of benzene rings is 1. The maximum Gasteiger partial charge on any atom is 0.330 e. The van der Waals surface area contributed by atoms with Gasteiger partial charge in [-0.15, -0.1) is 0 Å². The van der Waals surface area contributed by atoms with Gasteiger partial charge in [0.2, 0.25) is 0 Å². The molecule has 23 heavy (non-hydrogen) atoms. The number of para-hydroxylation sites is 2. The molecule has 0 fully saturated rings. The Morgan fingerprint density at radius 2 is 2.04 bits per heavy atom. The Labute approximate surface area is 144 Å². The molecule has 0 bridgehead atoms. The van der Waals surface area contributed by atoms with E-state index in [0.717, 1.165) is 41.2 Å². The van der Waals surface area contributed by atoms with Gasteiger partial charge < -0.3 is 9.72 Å². The molecule has 0 aliphatic carbocycles. The van der Waals surface area contributed by atoms with E-state index in [4.69, 9.17) is 4.74 Å². The summed E-state index contributed by atoms with van der Waals surface area (Å²) in [6, 6.07) is 8.10. The number of fused-ring (bicyclic) bond motifs is 1. The van der Waals surface area contributed by atoms with Crippen LogP contribution in [0.4, 0.5) is 0 Å². The fourth-order valence-corrected chi connectivity index (χ4v) is 4.14. The van der Waals surface area contributed by atoms with Crippen molar-refractivity contribution in [3.05, 3.63) is 42.7 Å². The van der Waals surface area contributed by atoms with E-state index >= 15 is 0 Å². The molecule has 0 saturated carbocycles. The normalized spacial score (nSPS) is 10.8. The minimum absolute atomic E-state index is 0.331. The van der Waals surface area contributed by atoms with Crippen LogP contribution in [0.3, 0.4) is 0 Å². The van der Waals surface area contributed by atoms with Crippen molar-refractivity contribution in [3.63, 3.8) is 0 Å². The highest BCUT2D eigenvalue weighted by molar-refractivity contribution is 8.76. The van der Waals surface area contributed by atoms with Crippen LogP contribution in [0.2, 0.25) is 0 Å². The summed E-state index contributed by atoms with van der Waals surface area (Å²) in [6.45, 7) is 3.86. The molecule has 124 valence electrons. The van der Waals surface area contributed by atoms with E-state index in [1.54, 1.807) is 0 Å². The summed E-state index contributed by atoms with van der Waals surface area (Å²) < 4.78 is 4.93. The molecule has 4 nitrogen and oxygen atoms in total. The molecule has 1 aromatic carbocycles. The summed E-state index contributed by atoms with van der Waals surface area (Å²) in [7, 11) is 3.73. The molecule has 6 heteroatoms. The summed E-state index contributed by atoms with van der Waals surface area (Å²) >= 11 is 0. The van der Waals surface area contributed by atoms with Gasteiger partial charge >= 0.3 is 5.97 Å². The third kappa shape index (κ3) is 6.71. The molecular formula is C17H22N2O2S2. The van der Waals surface area contributed by atoms with Crippen LogP contribution in [-0.2, 0) is 15.3 Å². The highest BCUT2D eigenvalue weighted by Gasteiger charge is 2.02. The fourth-order valence-electron chi connectivity index (χ4n) is 2.08. The van der Waals surface area contributed by atoms with Crippen LogP contribution in [0, 0.1) is 0 Å². The number of nitrogens with one attached hydrogen (secondary N) is 1. The summed E-state index contributed by atoms with van der Waals surface area (Å²) in [6.07, 6.45) is 5.59. The van der Waals surface area contributed by atoms with Gasteiger partial charge in [-0.25, -0.2) is 9.78 Å². The van der Waals surface area contributed by atoms with Crippen molar-refractivity contribution in [3.8, 4) is 0 Å². The van der Waals surface area contributed by atoms with Gasteiger partial charge in [0.15, 0.2) is 0 Å². The molecule has 0 aliphatic heterocycles. The molecule has 1 heterocycles. The Kier molecular flexibility index (Phi) is 8.11. The van der Waals surface area contributed by atoms with Crippen LogP contribution >= 0.6 is 21.6 Å². The van der Waals surface area contributed by atoms with Crippen molar-refractivity contribution < 1.29 is 9.53 Å². The van der Waals surface area contributed by atoms with E-state index in [-0.39, 0.29) is 5.97 Å². The van der Waals surface area contributed by atoms with Crippen LogP contribution in [0.25, 0.3) is 11.0 Å². The Hall–Kier alpha value is -1.40. The third-order valence-corrected chi connectivity index (χ3v) is 5.62. The number of aromatic nitrogens is 2. The molecule has 0 aliphatic rings. The molecule has 0 unspecified atom stereocenters. The molecule has 0 radical (unpaired) electrons. The van der Waals surface area contributed by atoms with Crippen molar-refractivity contribution >= 4 is 38.6 Å². The monoisotopic (exact) mass is 350 g/mol. The number of ether oxygens (including phenoxy) is 1. The predicted molar refractivity (Wildman–Crippen MR) is 99.5 cm³/mol. The highest BCUT2D eigenvalue weighted by atomic mass is 33.1. The number of rotatable bonds is 11. The Morgan fingerprint density at radius 3 is 2.87 bits per heavy atom. The molecule has 1 aromatic heterocycles. The second-order valence-electron chi connectivity index (χ2n) is 5.07. The first-order valence-corrected chi connectivity index (χ1v) is 10.3. The quantitative estimate of drug-likeness (QED) is 0.275. The van der Waals surface area contributed by atoms with Crippen molar-refractivity contribution in [1.29, 1.82) is 0 Å². The van der Waals surface area contributed by atoms with E-state index in [0.29, 0.717) is 6.61 Å². The maximum atomic E-state index is 10.8. The molecule has 2 aromatic rings.